The number of thioether (sulfide) groups is 1. The first kappa shape index (κ1) is 14.5. The molecule has 0 bridgehead atoms. The molecule has 0 saturated carbocycles. The summed E-state index contributed by atoms with van der Waals surface area (Å²) in [7, 11) is 0. The second kappa shape index (κ2) is 5.75. The van der Waals surface area contributed by atoms with E-state index in [-0.39, 0.29) is 11.9 Å². The molecule has 2 N–H and O–H groups in total. The molecular weight excluding hydrogens is 293 g/mol. The van der Waals surface area contributed by atoms with E-state index in [4.69, 9.17) is 15.0 Å². The molecule has 21 heavy (non-hydrogen) atoms. The molecule has 2 aromatic rings. The molecule has 1 aromatic carbocycles. The van der Waals surface area contributed by atoms with Gasteiger partial charge in [0, 0.05) is 10.9 Å². The molecule has 7 heteroatoms. The van der Waals surface area contributed by atoms with Crippen molar-refractivity contribution < 1.29 is 13.7 Å². The number of hydrogen-bond donors (Lipinski definition) is 1. The van der Waals surface area contributed by atoms with Gasteiger partial charge in [-0.3, -0.25) is 0 Å². The largest absolute Gasteiger partial charge is 0.379 e. The molecule has 1 aromatic heterocycles. The van der Waals surface area contributed by atoms with Crippen LogP contribution >= 0.6 is 11.8 Å². The first-order chi connectivity index (χ1) is 10.1. The van der Waals surface area contributed by atoms with Crippen LogP contribution in [0.3, 0.4) is 0 Å². The van der Waals surface area contributed by atoms with E-state index in [1.165, 1.54) is 23.9 Å². The maximum absolute atomic E-state index is 12.8. The molecular formula is C14H16FN3O2S. The number of benzene rings is 1. The molecule has 1 fully saturated rings. The summed E-state index contributed by atoms with van der Waals surface area (Å²) in [5.41, 5.74) is 5.62. The van der Waals surface area contributed by atoms with Gasteiger partial charge in [-0.1, -0.05) is 5.16 Å². The second-order valence-electron chi connectivity index (χ2n) is 5.30. The number of nitrogens with two attached hydrogens (primary N) is 1. The summed E-state index contributed by atoms with van der Waals surface area (Å²) in [5, 5.41) is 3.98. The fourth-order valence-electron chi connectivity index (χ4n) is 2.13. The maximum Gasteiger partial charge on any atom is 0.236 e. The number of nitrogens with zero attached hydrogens (tertiary/aromatic N) is 2. The van der Waals surface area contributed by atoms with E-state index in [0.717, 1.165) is 4.90 Å². The topological polar surface area (TPSA) is 74.2 Å². The number of hydrogen-bond acceptors (Lipinski definition) is 6. The normalized spacial score (nSPS) is 25.4. The molecule has 2 atom stereocenters. The molecule has 0 spiro atoms. The van der Waals surface area contributed by atoms with Crippen molar-refractivity contribution in [1.82, 2.24) is 10.1 Å². The summed E-state index contributed by atoms with van der Waals surface area (Å²) in [4.78, 5) is 5.37. The molecule has 1 aliphatic rings. The number of ether oxygens (including phenoxy) is 1. The van der Waals surface area contributed by atoms with Crippen LogP contribution < -0.4 is 5.73 Å². The Balaban J connectivity index is 1.67. The van der Waals surface area contributed by atoms with Gasteiger partial charge in [0.1, 0.15) is 5.82 Å². The zero-order valence-corrected chi connectivity index (χ0v) is 12.4. The Labute approximate surface area is 126 Å². The molecule has 2 unspecified atom stereocenters. The Morgan fingerprint density at radius 3 is 2.86 bits per heavy atom. The van der Waals surface area contributed by atoms with E-state index >= 15 is 0 Å². The Kier molecular flexibility index (Phi) is 3.97. The fraction of sp³-hybridized carbons (Fsp3) is 0.429. The molecule has 0 aliphatic carbocycles. The zero-order valence-electron chi connectivity index (χ0n) is 11.6. The number of aromatic nitrogens is 2. The van der Waals surface area contributed by atoms with E-state index in [0.29, 0.717) is 30.7 Å². The van der Waals surface area contributed by atoms with E-state index in [1.54, 1.807) is 12.1 Å². The minimum atomic E-state index is -0.425. The lowest BCUT2D eigenvalue weighted by Crippen LogP contribution is -2.42. The van der Waals surface area contributed by atoms with Gasteiger partial charge in [-0.25, -0.2) is 4.39 Å². The Morgan fingerprint density at radius 1 is 1.43 bits per heavy atom. The summed E-state index contributed by atoms with van der Waals surface area (Å²) >= 11 is 1.52. The van der Waals surface area contributed by atoms with Crippen LogP contribution in [0.4, 0.5) is 4.39 Å². The van der Waals surface area contributed by atoms with Gasteiger partial charge >= 0.3 is 0 Å². The average Bonchev–Trinajstić information content (AvgIpc) is 3.07. The van der Waals surface area contributed by atoms with Gasteiger partial charge in [-0.2, -0.15) is 4.98 Å². The molecule has 2 heterocycles. The van der Waals surface area contributed by atoms with Crippen LogP contribution in [-0.2, 0) is 15.9 Å². The van der Waals surface area contributed by atoms with Crippen LogP contribution in [0.2, 0.25) is 0 Å². The average molecular weight is 309 g/mol. The third-order valence-electron chi connectivity index (χ3n) is 3.66. The van der Waals surface area contributed by atoms with Crippen molar-refractivity contribution in [1.29, 1.82) is 0 Å². The van der Waals surface area contributed by atoms with E-state index < -0.39 is 5.41 Å². The van der Waals surface area contributed by atoms with E-state index in [1.807, 2.05) is 6.92 Å². The summed E-state index contributed by atoms with van der Waals surface area (Å²) in [6, 6.07) is 6.17. The highest BCUT2D eigenvalue weighted by Crippen LogP contribution is 2.31. The van der Waals surface area contributed by atoms with Gasteiger partial charge in [0.15, 0.2) is 5.82 Å². The van der Waals surface area contributed by atoms with Crippen molar-refractivity contribution in [2.75, 3.05) is 13.2 Å². The van der Waals surface area contributed by atoms with Crippen LogP contribution in [0.5, 0.6) is 0 Å². The summed E-state index contributed by atoms with van der Waals surface area (Å²) < 4.78 is 23.6. The quantitative estimate of drug-likeness (QED) is 0.872. The third-order valence-corrected chi connectivity index (χ3v) is 4.66. The lowest BCUT2D eigenvalue weighted by Gasteiger charge is -2.21. The SMILES string of the molecule is CC1(c2nc(CSc3ccc(F)cc3)no2)COCC1N. The first-order valence-corrected chi connectivity index (χ1v) is 7.61. The minimum absolute atomic E-state index is 0.143. The van der Waals surface area contributed by atoms with Crippen molar-refractivity contribution >= 4 is 11.8 Å². The van der Waals surface area contributed by atoms with E-state index in [2.05, 4.69) is 10.1 Å². The smallest absolute Gasteiger partial charge is 0.236 e. The van der Waals surface area contributed by atoms with Gasteiger partial charge in [-0.15, -0.1) is 11.8 Å². The highest BCUT2D eigenvalue weighted by Gasteiger charge is 2.44. The van der Waals surface area contributed by atoms with Gasteiger partial charge in [0.05, 0.1) is 24.4 Å². The van der Waals surface area contributed by atoms with Crippen LogP contribution in [-0.4, -0.2) is 29.4 Å². The highest BCUT2D eigenvalue weighted by atomic mass is 32.2. The van der Waals surface area contributed by atoms with Crippen molar-refractivity contribution in [2.45, 2.75) is 29.0 Å². The lowest BCUT2D eigenvalue weighted by atomic mass is 9.86. The molecule has 0 amide bonds. The van der Waals surface area contributed by atoms with E-state index in [9.17, 15) is 4.39 Å². The zero-order chi connectivity index (χ0) is 14.9. The molecule has 1 saturated heterocycles. The van der Waals surface area contributed by atoms with Crippen LogP contribution in [0.25, 0.3) is 0 Å². The predicted molar refractivity (Wildman–Crippen MR) is 76.4 cm³/mol. The first-order valence-electron chi connectivity index (χ1n) is 6.63. The highest BCUT2D eigenvalue weighted by molar-refractivity contribution is 7.98. The van der Waals surface area contributed by atoms with Gasteiger partial charge in [0.2, 0.25) is 5.89 Å². The van der Waals surface area contributed by atoms with Crippen molar-refractivity contribution in [3.63, 3.8) is 0 Å². The van der Waals surface area contributed by atoms with Crippen LogP contribution in [0, 0.1) is 5.82 Å². The van der Waals surface area contributed by atoms with Gasteiger partial charge < -0.3 is 15.0 Å². The predicted octanol–water partition coefficient (Wildman–Crippen LogP) is 2.12. The van der Waals surface area contributed by atoms with Gasteiger partial charge in [0.25, 0.3) is 0 Å². The van der Waals surface area contributed by atoms with Crippen molar-refractivity contribution in [3.8, 4) is 0 Å². The molecule has 112 valence electrons. The van der Waals surface area contributed by atoms with Crippen molar-refractivity contribution in [2.24, 2.45) is 5.73 Å². The summed E-state index contributed by atoms with van der Waals surface area (Å²) in [6.07, 6.45) is 0. The van der Waals surface area contributed by atoms with Gasteiger partial charge in [-0.05, 0) is 31.2 Å². The Bertz CT molecular complexity index is 619. The standard InChI is InChI=1S/C14H16FN3O2S/c1-14(8-19-6-11(14)16)13-17-12(18-20-13)7-21-10-4-2-9(15)3-5-10/h2-5,11H,6-8,16H2,1H3. The Morgan fingerprint density at radius 2 is 2.19 bits per heavy atom. The number of halogens is 1. The minimum Gasteiger partial charge on any atom is -0.379 e. The van der Waals surface area contributed by atoms with Crippen LogP contribution in [0.1, 0.15) is 18.6 Å². The molecule has 0 radical (unpaired) electrons. The lowest BCUT2D eigenvalue weighted by molar-refractivity contribution is 0.169. The molecule has 1 aliphatic heterocycles. The van der Waals surface area contributed by atoms with Crippen LogP contribution in [0.15, 0.2) is 33.7 Å². The maximum atomic E-state index is 12.8. The fourth-order valence-corrected chi connectivity index (χ4v) is 2.87. The molecule has 5 nitrogen and oxygen atoms in total. The Hall–Kier alpha value is -1.44. The third kappa shape index (κ3) is 2.95. The summed E-state index contributed by atoms with van der Waals surface area (Å²) in [5.74, 6) is 1.42. The number of rotatable bonds is 4. The summed E-state index contributed by atoms with van der Waals surface area (Å²) in [6.45, 7) is 2.95. The molecule has 3 rings (SSSR count). The monoisotopic (exact) mass is 309 g/mol. The van der Waals surface area contributed by atoms with Crippen molar-refractivity contribution in [3.05, 3.63) is 41.8 Å². The second-order valence-corrected chi connectivity index (χ2v) is 6.35.